The number of amides is 2. The molecule has 2 aliphatic carbocycles. The second kappa shape index (κ2) is 3.84. The zero-order valence-corrected chi connectivity index (χ0v) is 10.8. The van der Waals surface area contributed by atoms with Crippen molar-refractivity contribution >= 4 is 41.0 Å². The summed E-state index contributed by atoms with van der Waals surface area (Å²) in [5.74, 6) is -3.09. The van der Waals surface area contributed by atoms with Crippen molar-refractivity contribution in [2.75, 3.05) is 6.54 Å². The van der Waals surface area contributed by atoms with Crippen LogP contribution >= 0.6 is 23.2 Å². The molecule has 6 unspecified atom stereocenters. The Kier molecular flexibility index (Phi) is 2.61. The van der Waals surface area contributed by atoms with Gasteiger partial charge in [-0.25, -0.2) is 0 Å². The Hall–Kier alpha value is -0.810. The number of carboxylic acids is 1. The summed E-state index contributed by atoms with van der Waals surface area (Å²) in [7, 11) is 0. The highest BCUT2D eigenvalue weighted by atomic mass is 35.5. The number of carbonyl (C=O) groups excluding carboxylic acids is 2. The summed E-state index contributed by atoms with van der Waals surface area (Å²) in [6.07, 6.45) is 0.691. The monoisotopic (exact) mass is 291 g/mol. The second-order valence-corrected chi connectivity index (χ2v) is 6.17. The Morgan fingerprint density at radius 2 is 1.61 bits per heavy atom. The molecule has 0 aromatic carbocycles. The predicted molar refractivity (Wildman–Crippen MR) is 62.2 cm³/mol. The molecule has 5 nitrogen and oxygen atoms in total. The molecule has 0 spiro atoms. The van der Waals surface area contributed by atoms with Gasteiger partial charge in [0.25, 0.3) is 0 Å². The lowest BCUT2D eigenvalue weighted by Crippen LogP contribution is -2.37. The highest BCUT2D eigenvalue weighted by molar-refractivity contribution is 6.31. The molecule has 1 saturated heterocycles. The topological polar surface area (TPSA) is 74.7 Å². The van der Waals surface area contributed by atoms with E-state index in [4.69, 9.17) is 28.3 Å². The normalized spacial score (nSPS) is 45.8. The molecule has 2 amide bonds. The molecule has 3 rings (SSSR count). The molecule has 0 radical (unpaired) electrons. The van der Waals surface area contributed by atoms with Gasteiger partial charge in [0.05, 0.1) is 22.6 Å². The quantitative estimate of drug-likeness (QED) is 0.595. The van der Waals surface area contributed by atoms with Crippen molar-refractivity contribution in [3.63, 3.8) is 0 Å². The molecule has 1 aliphatic heterocycles. The van der Waals surface area contributed by atoms with Crippen LogP contribution < -0.4 is 0 Å². The van der Waals surface area contributed by atoms with Crippen LogP contribution in [0.5, 0.6) is 0 Å². The molecule has 1 N–H and O–H groups in total. The number of fused-ring (bicyclic) bond motifs is 5. The number of carbonyl (C=O) groups is 3. The second-order valence-electron chi connectivity index (χ2n) is 5.16. The van der Waals surface area contributed by atoms with Crippen LogP contribution in [0, 0.1) is 23.7 Å². The Morgan fingerprint density at radius 3 is 2.00 bits per heavy atom. The lowest BCUT2D eigenvalue weighted by atomic mass is 9.80. The molecule has 7 heteroatoms. The van der Waals surface area contributed by atoms with Gasteiger partial charge in [-0.05, 0) is 18.3 Å². The Labute approximate surface area is 113 Å². The zero-order chi connectivity index (χ0) is 13.2. The standard InChI is InChI=1S/C11H11Cl2NO4/c12-8-3-1-4(9(8)13)7-6(3)10(17)14(11(7)18)2-5(15)16/h3-4,6-9H,1-2H2,(H,15,16). The molecule has 3 fully saturated rings. The molecule has 2 bridgehead atoms. The number of rotatable bonds is 2. The number of nitrogens with zero attached hydrogens (tertiary/aromatic N) is 1. The zero-order valence-electron chi connectivity index (χ0n) is 9.25. The van der Waals surface area contributed by atoms with Crippen molar-refractivity contribution in [2.24, 2.45) is 23.7 Å². The molecular formula is C11H11Cl2NO4. The molecule has 0 aromatic rings. The Balaban J connectivity index is 1.92. The van der Waals surface area contributed by atoms with Crippen LogP contribution in [0.15, 0.2) is 0 Å². The summed E-state index contributed by atoms with van der Waals surface area (Å²) in [4.78, 5) is 35.7. The lowest BCUT2D eigenvalue weighted by Gasteiger charge is -2.28. The number of halogens is 2. The van der Waals surface area contributed by atoms with E-state index in [1.807, 2.05) is 0 Å². The van der Waals surface area contributed by atoms with Gasteiger partial charge in [-0.1, -0.05) is 0 Å². The van der Waals surface area contributed by atoms with Crippen molar-refractivity contribution in [1.29, 1.82) is 0 Å². The maximum Gasteiger partial charge on any atom is 0.323 e. The summed E-state index contributed by atoms with van der Waals surface area (Å²) >= 11 is 12.3. The Bertz CT molecular complexity index is 422. The molecule has 1 heterocycles. The predicted octanol–water partition coefficient (Wildman–Crippen LogP) is 0.537. The minimum absolute atomic E-state index is 0.0978. The van der Waals surface area contributed by atoms with Crippen molar-refractivity contribution in [1.82, 2.24) is 4.90 Å². The van der Waals surface area contributed by atoms with E-state index in [1.54, 1.807) is 0 Å². The number of hydrogen-bond acceptors (Lipinski definition) is 3. The summed E-state index contributed by atoms with van der Waals surface area (Å²) in [5.41, 5.74) is 0. The van der Waals surface area contributed by atoms with Gasteiger partial charge in [0, 0.05) is 0 Å². The average molecular weight is 292 g/mol. The number of likely N-dealkylation sites (tertiary alicyclic amines) is 1. The maximum atomic E-state index is 12.1. The van der Waals surface area contributed by atoms with Gasteiger partial charge >= 0.3 is 5.97 Å². The number of carboxylic acid groups (broad SMARTS) is 1. The first-order valence-corrected chi connectivity index (χ1v) is 6.66. The largest absolute Gasteiger partial charge is 0.480 e. The van der Waals surface area contributed by atoms with Crippen molar-refractivity contribution in [3.05, 3.63) is 0 Å². The SMILES string of the molecule is O=C(O)CN1C(=O)C2C3CC(C(Cl)C3Cl)C2C1=O. The third-order valence-corrected chi connectivity index (χ3v) is 5.69. The summed E-state index contributed by atoms with van der Waals surface area (Å²) in [5, 5.41) is 8.11. The summed E-state index contributed by atoms with van der Waals surface area (Å²) in [6.45, 7) is -0.565. The molecule has 2 saturated carbocycles. The fourth-order valence-corrected chi connectivity index (χ4v) is 4.59. The first kappa shape index (κ1) is 12.2. The van der Waals surface area contributed by atoms with Crippen LogP contribution in [-0.4, -0.2) is 45.1 Å². The lowest BCUT2D eigenvalue weighted by molar-refractivity contribution is -0.149. The van der Waals surface area contributed by atoms with E-state index in [0.717, 1.165) is 4.90 Å². The fourth-order valence-electron chi connectivity index (χ4n) is 3.70. The van der Waals surface area contributed by atoms with Crippen LogP contribution in [0.1, 0.15) is 6.42 Å². The maximum absolute atomic E-state index is 12.1. The number of imide groups is 1. The summed E-state index contributed by atoms with van der Waals surface area (Å²) in [6, 6.07) is 0. The minimum atomic E-state index is -1.19. The molecule has 0 aromatic heterocycles. The van der Waals surface area contributed by atoms with Gasteiger partial charge in [0.15, 0.2) is 0 Å². The van der Waals surface area contributed by atoms with Gasteiger partial charge in [0.2, 0.25) is 11.8 Å². The van der Waals surface area contributed by atoms with Gasteiger partial charge < -0.3 is 5.11 Å². The van der Waals surface area contributed by atoms with E-state index in [0.29, 0.717) is 6.42 Å². The molecule has 18 heavy (non-hydrogen) atoms. The summed E-state index contributed by atoms with van der Waals surface area (Å²) < 4.78 is 0. The van der Waals surface area contributed by atoms with Crippen LogP contribution in [0.2, 0.25) is 0 Å². The van der Waals surface area contributed by atoms with E-state index < -0.39 is 36.2 Å². The van der Waals surface area contributed by atoms with Crippen molar-refractivity contribution in [2.45, 2.75) is 17.2 Å². The van der Waals surface area contributed by atoms with Crippen molar-refractivity contribution < 1.29 is 19.5 Å². The molecule has 6 atom stereocenters. The van der Waals surface area contributed by atoms with Gasteiger partial charge in [-0.15, -0.1) is 23.2 Å². The fraction of sp³-hybridized carbons (Fsp3) is 0.727. The van der Waals surface area contributed by atoms with Crippen LogP contribution in [0.4, 0.5) is 0 Å². The van der Waals surface area contributed by atoms with Crippen LogP contribution in [0.3, 0.4) is 0 Å². The van der Waals surface area contributed by atoms with E-state index in [2.05, 4.69) is 0 Å². The highest BCUT2D eigenvalue weighted by Crippen LogP contribution is 2.59. The highest BCUT2D eigenvalue weighted by Gasteiger charge is 2.66. The van der Waals surface area contributed by atoms with E-state index in [1.165, 1.54) is 0 Å². The van der Waals surface area contributed by atoms with Crippen LogP contribution in [-0.2, 0) is 14.4 Å². The van der Waals surface area contributed by atoms with Crippen LogP contribution in [0.25, 0.3) is 0 Å². The van der Waals surface area contributed by atoms with E-state index >= 15 is 0 Å². The van der Waals surface area contributed by atoms with Gasteiger partial charge in [0.1, 0.15) is 6.54 Å². The number of aliphatic carboxylic acids is 1. The van der Waals surface area contributed by atoms with E-state index in [-0.39, 0.29) is 22.6 Å². The third kappa shape index (κ3) is 1.37. The van der Waals surface area contributed by atoms with Crippen molar-refractivity contribution in [3.8, 4) is 0 Å². The number of hydrogen-bond donors (Lipinski definition) is 1. The van der Waals surface area contributed by atoms with Gasteiger partial charge in [-0.3, -0.25) is 19.3 Å². The third-order valence-electron chi connectivity index (χ3n) is 4.37. The molecule has 98 valence electrons. The first-order valence-electron chi connectivity index (χ1n) is 5.78. The smallest absolute Gasteiger partial charge is 0.323 e. The molecular weight excluding hydrogens is 281 g/mol. The van der Waals surface area contributed by atoms with Gasteiger partial charge in [-0.2, -0.15) is 0 Å². The minimum Gasteiger partial charge on any atom is -0.480 e. The Morgan fingerprint density at radius 1 is 1.17 bits per heavy atom. The molecule has 3 aliphatic rings. The van der Waals surface area contributed by atoms with E-state index in [9.17, 15) is 14.4 Å². The average Bonchev–Trinajstić information content (AvgIpc) is 2.88. The number of alkyl halides is 2. The first-order chi connectivity index (χ1) is 8.43.